The Bertz CT molecular complexity index is 575. The fourth-order valence-corrected chi connectivity index (χ4v) is 2.25. The van der Waals surface area contributed by atoms with Crippen LogP contribution in [-0.2, 0) is 4.74 Å². The van der Waals surface area contributed by atoms with Crippen LogP contribution in [-0.4, -0.2) is 22.5 Å². The summed E-state index contributed by atoms with van der Waals surface area (Å²) in [7, 11) is 0. The molecule has 0 atom stereocenters. The average Bonchev–Trinajstić information content (AvgIpc) is 2.42. The molecule has 1 aromatic carbocycles. The normalized spacial score (nSPS) is 10.2. The van der Waals surface area contributed by atoms with E-state index in [1.54, 1.807) is 43.6 Å². The maximum Gasteiger partial charge on any atom is 0.339 e. The molecule has 2 rings (SSSR count). The Morgan fingerprint density at radius 3 is 2.79 bits per heavy atom. The van der Waals surface area contributed by atoms with Gasteiger partial charge in [-0.25, -0.2) is 14.8 Å². The number of rotatable bonds is 4. The van der Waals surface area contributed by atoms with Crippen LogP contribution < -0.4 is 5.73 Å². The van der Waals surface area contributed by atoms with Gasteiger partial charge in [-0.1, -0.05) is 0 Å². The number of nitrogen functional groups attached to an aromatic ring is 1. The van der Waals surface area contributed by atoms with Crippen LogP contribution in [0.1, 0.15) is 17.3 Å². The number of benzene rings is 1. The Labute approximate surface area is 115 Å². The van der Waals surface area contributed by atoms with Gasteiger partial charge in [0.25, 0.3) is 0 Å². The van der Waals surface area contributed by atoms with Gasteiger partial charge in [-0.05, 0) is 43.0 Å². The van der Waals surface area contributed by atoms with Crippen LogP contribution in [0, 0.1) is 0 Å². The highest BCUT2D eigenvalue weighted by Gasteiger charge is 2.14. The van der Waals surface area contributed by atoms with Gasteiger partial charge in [0.05, 0.1) is 12.2 Å². The van der Waals surface area contributed by atoms with Gasteiger partial charge in [0.1, 0.15) is 0 Å². The fraction of sp³-hybridized carbons (Fsp3) is 0.154. The van der Waals surface area contributed by atoms with Crippen LogP contribution in [0.25, 0.3) is 0 Å². The van der Waals surface area contributed by atoms with Gasteiger partial charge in [-0.2, -0.15) is 0 Å². The molecule has 2 aromatic rings. The molecule has 19 heavy (non-hydrogen) atoms. The van der Waals surface area contributed by atoms with E-state index in [-0.39, 0.29) is 0 Å². The average molecular weight is 275 g/mol. The van der Waals surface area contributed by atoms with Crippen molar-refractivity contribution in [3.63, 3.8) is 0 Å². The van der Waals surface area contributed by atoms with Crippen molar-refractivity contribution < 1.29 is 9.53 Å². The van der Waals surface area contributed by atoms with Gasteiger partial charge in [0, 0.05) is 23.0 Å². The number of hydrogen-bond acceptors (Lipinski definition) is 6. The summed E-state index contributed by atoms with van der Waals surface area (Å²) in [6.45, 7) is 2.08. The zero-order chi connectivity index (χ0) is 13.7. The molecular formula is C13H13N3O2S. The van der Waals surface area contributed by atoms with Crippen molar-refractivity contribution in [1.29, 1.82) is 0 Å². The Kier molecular flexibility index (Phi) is 4.35. The molecule has 0 spiro atoms. The van der Waals surface area contributed by atoms with E-state index in [0.717, 1.165) is 4.90 Å². The zero-order valence-electron chi connectivity index (χ0n) is 10.4. The topological polar surface area (TPSA) is 78.1 Å². The van der Waals surface area contributed by atoms with E-state index in [9.17, 15) is 4.79 Å². The second-order valence-corrected chi connectivity index (χ2v) is 4.62. The van der Waals surface area contributed by atoms with Crippen molar-refractivity contribution in [2.45, 2.75) is 17.0 Å². The molecule has 0 fully saturated rings. The molecule has 5 nitrogen and oxygen atoms in total. The first-order valence-electron chi connectivity index (χ1n) is 5.72. The lowest BCUT2D eigenvalue weighted by Crippen LogP contribution is -2.07. The molecule has 0 aliphatic heterocycles. The highest BCUT2D eigenvalue weighted by molar-refractivity contribution is 7.99. The number of nitrogens with two attached hydrogens (primary N) is 1. The standard InChI is InChI=1S/C13H13N3O2S/c1-2-18-12(17)10-8-9(14)4-5-11(10)19-13-15-6-3-7-16-13/h3-8H,2,14H2,1H3. The summed E-state index contributed by atoms with van der Waals surface area (Å²) in [6.07, 6.45) is 3.30. The molecule has 1 heterocycles. The minimum Gasteiger partial charge on any atom is -0.462 e. The van der Waals surface area contributed by atoms with Gasteiger partial charge in [-0.3, -0.25) is 0 Å². The highest BCUT2D eigenvalue weighted by atomic mass is 32.2. The second-order valence-electron chi connectivity index (χ2n) is 3.61. The Balaban J connectivity index is 2.32. The number of hydrogen-bond donors (Lipinski definition) is 1. The van der Waals surface area contributed by atoms with Gasteiger partial charge < -0.3 is 10.5 Å². The van der Waals surface area contributed by atoms with Crippen molar-refractivity contribution in [2.24, 2.45) is 0 Å². The maximum absolute atomic E-state index is 11.9. The molecule has 0 aliphatic carbocycles. The van der Waals surface area contributed by atoms with Crippen molar-refractivity contribution in [1.82, 2.24) is 9.97 Å². The first kappa shape index (κ1) is 13.4. The van der Waals surface area contributed by atoms with Crippen LogP contribution in [0.5, 0.6) is 0 Å². The third-order valence-electron chi connectivity index (χ3n) is 2.24. The first-order chi connectivity index (χ1) is 9.20. The maximum atomic E-state index is 11.9. The van der Waals surface area contributed by atoms with E-state index in [4.69, 9.17) is 10.5 Å². The third-order valence-corrected chi connectivity index (χ3v) is 3.21. The SMILES string of the molecule is CCOC(=O)c1cc(N)ccc1Sc1ncccn1. The summed E-state index contributed by atoms with van der Waals surface area (Å²) in [5, 5.41) is 0.567. The number of esters is 1. The van der Waals surface area contributed by atoms with Crippen LogP contribution in [0.4, 0.5) is 5.69 Å². The van der Waals surface area contributed by atoms with E-state index >= 15 is 0 Å². The summed E-state index contributed by atoms with van der Waals surface area (Å²) in [6, 6.07) is 6.83. The Morgan fingerprint density at radius 2 is 2.11 bits per heavy atom. The molecule has 0 unspecified atom stereocenters. The molecule has 6 heteroatoms. The second kappa shape index (κ2) is 6.19. The van der Waals surface area contributed by atoms with Crippen LogP contribution in [0.2, 0.25) is 0 Å². The van der Waals surface area contributed by atoms with Crippen molar-refractivity contribution in [3.05, 3.63) is 42.2 Å². The highest BCUT2D eigenvalue weighted by Crippen LogP contribution is 2.29. The fourth-order valence-electron chi connectivity index (χ4n) is 1.44. The zero-order valence-corrected chi connectivity index (χ0v) is 11.2. The number of carbonyl (C=O) groups excluding carboxylic acids is 1. The van der Waals surface area contributed by atoms with Crippen LogP contribution in [0.15, 0.2) is 46.7 Å². The van der Waals surface area contributed by atoms with E-state index in [1.165, 1.54) is 11.8 Å². The summed E-state index contributed by atoms with van der Waals surface area (Å²) < 4.78 is 5.01. The molecular weight excluding hydrogens is 262 g/mol. The smallest absolute Gasteiger partial charge is 0.339 e. The molecule has 0 bridgehead atoms. The lowest BCUT2D eigenvalue weighted by Gasteiger charge is -2.08. The number of carbonyl (C=O) groups is 1. The first-order valence-corrected chi connectivity index (χ1v) is 6.54. The van der Waals surface area contributed by atoms with Crippen LogP contribution in [0.3, 0.4) is 0 Å². The monoisotopic (exact) mass is 275 g/mol. The molecule has 0 aliphatic rings. The van der Waals surface area contributed by atoms with E-state index in [0.29, 0.717) is 23.0 Å². The van der Waals surface area contributed by atoms with Gasteiger partial charge in [-0.15, -0.1) is 0 Å². The Morgan fingerprint density at radius 1 is 1.37 bits per heavy atom. The summed E-state index contributed by atoms with van der Waals surface area (Å²) >= 11 is 1.30. The van der Waals surface area contributed by atoms with E-state index in [2.05, 4.69) is 9.97 Å². The van der Waals surface area contributed by atoms with E-state index in [1.807, 2.05) is 0 Å². The number of aromatic nitrogens is 2. The molecule has 0 radical (unpaired) electrons. The lowest BCUT2D eigenvalue weighted by molar-refractivity contribution is 0.0522. The van der Waals surface area contributed by atoms with Gasteiger partial charge in [0.2, 0.25) is 0 Å². The van der Waals surface area contributed by atoms with Crippen molar-refractivity contribution in [3.8, 4) is 0 Å². The largest absolute Gasteiger partial charge is 0.462 e. The molecule has 1 aromatic heterocycles. The van der Waals surface area contributed by atoms with Gasteiger partial charge >= 0.3 is 5.97 Å². The van der Waals surface area contributed by atoms with E-state index < -0.39 is 5.97 Å². The minimum absolute atomic E-state index is 0.319. The quantitative estimate of drug-likeness (QED) is 0.524. The lowest BCUT2D eigenvalue weighted by atomic mass is 10.2. The van der Waals surface area contributed by atoms with Crippen molar-refractivity contribution in [2.75, 3.05) is 12.3 Å². The summed E-state index contributed by atoms with van der Waals surface area (Å²) in [4.78, 5) is 20.8. The molecule has 2 N–H and O–H groups in total. The predicted molar refractivity (Wildman–Crippen MR) is 73.0 cm³/mol. The molecule has 0 saturated carbocycles. The molecule has 0 amide bonds. The minimum atomic E-state index is -0.395. The van der Waals surface area contributed by atoms with Gasteiger partial charge in [0.15, 0.2) is 5.16 Å². The molecule has 98 valence electrons. The van der Waals surface area contributed by atoms with Crippen LogP contribution >= 0.6 is 11.8 Å². The molecule has 0 saturated heterocycles. The van der Waals surface area contributed by atoms with Crippen molar-refractivity contribution >= 4 is 23.4 Å². The number of anilines is 1. The summed E-state index contributed by atoms with van der Waals surface area (Å²) in [5.74, 6) is -0.395. The Hall–Kier alpha value is -2.08. The summed E-state index contributed by atoms with van der Waals surface area (Å²) in [5.41, 5.74) is 6.65. The predicted octanol–water partition coefficient (Wildman–Crippen LogP) is 2.39. The third kappa shape index (κ3) is 3.45. The number of nitrogens with zero attached hydrogens (tertiary/aromatic N) is 2. The number of ether oxygens (including phenoxy) is 1.